The molecule has 0 aliphatic heterocycles. The van der Waals surface area contributed by atoms with Gasteiger partial charge in [-0.2, -0.15) is 23.4 Å². The van der Waals surface area contributed by atoms with Crippen molar-refractivity contribution < 1.29 is 27.5 Å². The second kappa shape index (κ2) is 8.17. The number of carbonyl (C=O) groups is 2. The molecule has 0 atom stereocenters. The lowest BCUT2D eigenvalue weighted by atomic mass is 10.2. The Kier molecular flexibility index (Phi) is 6.01. The van der Waals surface area contributed by atoms with Crippen molar-refractivity contribution in [2.24, 2.45) is 7.05 Å². The summed E-state index contributed by atoms with van der Waals surface area (Å²) >= 11 is 3.02. The van der Waals surface area contributed by atoms with Crippen LogP contribution in [0.4, 0.5) is 19.0 Å². The van der Waals surface area contributed by atoms with Crippen LogP contribution < -0.4 is 5.32 Å². The van der Waals surface area contributed by atoms with E-state index in [-0.39, 0.29) is 41.3 Å². The first kappa shape index (κ1) is 21.3. The number of esters is 1. The molecule has 158 valence electrons. The number of halogens is 4. The van der Waals surface area contributed by atoms with Gasteiger partial charge in [0.15, 0.2) is 5.69 Å². The van der Waals surface area contributed by atoms with Crippen molar-refractivity contribution in [1.82, 2.24) is 19.6 Å². The minimum Gasteiger partial charge on any atom is -0.462 e. The highest BCUT2D eigenvalue weighted by Gasteiger charge is 2.41. The third-order valence-corrected chi connectivity index (χ3v) is 5.19. The maximum Gasteiger partial charge on any atom is 0.436 e. The number of hydrogen-bond acceptors (Lipinski definition) is 5. The van der Waals surface area contributed by atoms with Gasteiger partial charge in [0, 0.05) is 19.4 Å². The van der Waals surface area contributed by atoms with Crippen molar-refractivity contribution in [3.63, 3.8) is 0 Å². The minimum absolute atomic E-state index is 0.00327. The molecule has 8 nitrogen and oxygen atoms in total. The van der Waals surface area contributed by atoms with Crippen LogP contribution in [-0.4, -0.2) is 38.0 Å². The Morgan fingerprint density at radius 1 is 1.38 bits per heavy atom. The van der Waals surface area contributed by atoms with E-state index < -0.39 is 23.7 Å². The summed E-state index contributed by atoms with van der Waals surface area (Å²) in [5.74, 6) is -0.948. The van der Waals surface area contributed by atoms with E-state index in [1.54, 1.807) is 14.0 Å². The monoisotopic (exact) mass is 477 g/mol. The Labute approximate surface area is 172 Å². The number of alkyl halides is 3. The zero-order valence-corrected chi connectivity index (χ0v) is 17.3. The van der Waals surface area contributed by atoms with Crippen molar-refractivity contribution >= 4 is 33.6 Å². The van der Waals surface area contributed by atoms with Crippen molar-refractivity contribution in [1.29, 1.82) is 0 Å². The fourth-order valence-corrected chi connectivity index (χ4v) is 3.73. The van der Waals surface area contributed by atoms with Gasteiger partial charge in [0.05, 0.1) is 29.5 Å². The van der Waals surface area contributed by atoms with E-state index in [1.165, 1.54) is 15.6 Å². The lowest BCUT2D eigenvalue weighted by Gasteiger charge is -2.10. The SMILES string of the molecule is CCOC(=O)c1cnn(C)c1NC(=O)CCn1nc(C(F)(F)F)c(Br)c1C1CC1. The van der Waals surface area contributed by atoms with Crippen LogP contribution in [0.3, 0.4) is 0 Å². The smallest absolute Gasteiger partial charge is 0.436 e. The highest BCUT2D eigenvalue weighted by atomic mass is 79.9. The molecule has 1 amide bonds. The van der Waals surface area contributed by atoms with Gasteiger partial charge in [-0.05, 0) is 35.7 Å². The van der Waals surface area contributed by atoms with Crippen LogP contribution in [0.15, 0.2) is 10.7 Å². The molecule has 0 spiro atoms. The molecule has 1 N–H and O–H groups in total. The normalized spacial score (nSPS) is 14.1. The van der Waals surface area contributed by atoms with Gasteiger partial charge in [0.1, 0.15) is 11.4 Å². The third-order valence-electron chi connectivity index (χ3n) is 4.41. The summed E-state index contributed by atoms with van der Waals surface area (Å²) in [4.78, 5) is 24.3. The van der Waals surface area contributed by atoms with E-state index >= 15 is 0 Å². The summed E-state index contributed by atoms with van der Waals surface area (Å²) in [6, 6.07) is 0. The molecule has 1 fully saturated rings. The molecule has 2 heterocycles. The highest BCUT2D eigenvalue weighted by Crippen LogP contribution is 2.47. The number of nitrogens with one attached hydrogen (secondary N) is 1. The molecule has 1 aliphatic rings. The Morgan fingerprint density at radius 3 is 2.66 bits per heavy atom. The largest absolute Gasteiger partial charge is 0.462 e. The van der Waals surface area contributed by atoms with E-state index in [1.807, 2.05) is 0 Å². The predicted molar refractivity (Wildman–Crippen MR) is 99.3 cm³/mol. The summed E-state index contributed by atoms with van der Waals surface area (Å²) in [6.07, 6.45) is -1.87. The number of rotatable bonds is 7. The van der Waals surface area contributed by atoms with E-state index in [0.29, 0.717) is 5.69 Å². The number of aryl methyl sites for hydroxylation is 2. The summed E-state index contributed by atoms with van der Waals surface area (Å²) in [7, 11) is 1.55. The maximum absolute atomic E-state index is 13.2. The fourth-order valence-electron chi connectivity index (χ4n) is 2.90. The first-order chi connectivity index (χ1) is 13.6. The quantitative estimate of drug-likeness (QED) is 0.616. The van der Waals surface area contributed by atoms with Crippen LogP contribution in [-0.2, 0) is 29.3 Å². The van der Waals surface area contributed by atoms with Crippen LogP contribution in [0.25, 0.3) is 0 Å². The molecule has 0 radical (unpaired) electrons. The topological polar surface area (TPSA) is 91.0 Å². The molecule has 1 saturated carbocycles. The van der Waals surface area contributed by atoms with Crippen molar-refractivity contribution in [2.75, 3.05) is 11.9 Å². The number of anilines is 1. The number of carbonyl (C=O) groups excluding carboxylic acids is 2. The molecule has 0 aromatic carbocycles. The zero-order chi connectivity index (χ0) is 21.3. The molecular weight excluding hydrogens is 459 g/mol. The molecule has 2 aromatic rings. The minimum atomic E-state index is -4.58. The summed E-state index contributed by atoms with van der Waals surface area (Å²) in [6.45, 7) is 1.79. The predicted octanol–water partition coefficient (Wildman–Crippen LogP) is 3.48. The van der Waals surface area contributed by atoms with Crippen LogP contribution in [0.1, 0.15) is 53.8 Å². The van der Waals surface area contributed by atoms with Gasteiger partial charge in [0.25, 0.3) is 0 Å². The molecular formula is C17H19BrF3N5O3. The molecule has 2 aromatic heterocycles. The fraction of sp³-hybridized carbons (Fsp3) is 0.529. The lowest BCUT2D eigenvalue weighted by Crippen LogP contribution is -2.20. The van der Waals surface area contributed by atoms with Crippen LogP contribution >= 0.6 is 15.9 Å². The van der Waals surface area contributed by atoms with Gasteiger partial charge < -0.3 is 10.1 Å². The molecule has 0 saturated heterocycles. The van der Waals surface area contributed by atoms with Crippen LogP contribution in [0, 0.1) is 0 Å². The van der Waals surface area contributed by atoms with E-state index in [0.717, 1.165) is 12.8 Å². The Hall–Kier alpha value is -2.37. The van der Waals surface area contributed by atoms with Crippen molar-refractivity contribution in [3.05, 3.63) is 27.6 Å². The lowest BCUT2D eigenvalue weighted by molar-refractivity contribution is -0.142. The van der Waals surface area contributed by atoms with Crippen LogP contribution in [0.2, 0.25) is 0 Å². The van der Waals surface area contributed by atoms with Gasteiger partial charge in [-0.3, -0.25) is 14.2 Å². The summed E-state index contributed by atoms with van der Waals surface area (Å²) in [5, 5.41) is 10.2. The first-order valence-electron chi connectivity index (χ1n) is 8.95. The van der Waals surface area contributed by atoms with Gasteiger partial charge in [-0.1, -0.05) is 0 Å². The third kappa shape index (κ3) is 4.62. The van der Waals surface area contributed by atoms with Gasteiger partial charge >= 0.3 is 12.1 Å². The Bertz CT molecular complexity index is 934. The van der Waals surface area contributed by atoms with Gasteiger partial charge in [-0.25, -0.2) is 4.79 Å². The number of ether oxygens (including phenoxy) is 1. The number of amides is 1. The average molecular weight is 478 g/mol. The average Bonchev–Trinajstić information content (AvgIpc) is 3.32. The second-order valence-corrected chi connectivity index (χ2v) is 7.39. The molecule has 1 aliphatic carbocycles. The number of aromatic nitrogens is 4. The number of hydrogen-bond donors (Lipinski definition) is 1. The highest BCUT2D eigenvalue weighted by molar-refractivity contribution is 9.10. The molecule has 0 unspecified atom stereocenters. The summed E-state index contributed by atoms with van der Waals surface area (Å²) < 4.78 is 46.9. The first-order valence-corrected chi connectivity index (χ1v) is 9.75. The van der Waals surface area contributed by atoms with Gasteiger partial charge in [0.2, 0.25) is 5.91 Å². The van der Waals surface area contributed by atoms with Crippen molar-refractivity contribution in [2.45, 2.75) is 44.8 Å². The Morgan fingerprint density at radius 2 is 2.07 bits per heavy atom. The summed E-state index contributed by atoms with van der Waals surface area (Å²) in [5.41, 5.74) is -0.434. The molecule has 0 bridgehead atoms. The number of nitrogens with zero attached hydrogens (tertiary/aromatic N) is 4. The maximum atomic E-state index is 13.2. The van der Waals surface area contributed by atoms with Crippen molar-refractivity contribution in [3.8, 4) is 0 Å². The molecule has 29 heavy (non-hydrogen) atoms. The zero-order valence-electron chi connectivity index (χ0n) is 15.7. The van der Waals surface area contributed by atoms with Crippen LogP contribution in [0.5, 0.6) is 0 Å². The second-order valence-electron chi connectivity index (χ2n) is 6.59. The Balaban J connectivity index is 1.73. The standard InChI is InChI=1S/C17H19BrF3N5O3/c1-3-29-16(28)10-8-22-25(2)15(10)23-11(27)6-7-26-13(9-4-5-9)12(18)14(24-26)17(19,20)21/h8-9H,3-7H2,1-2H3,(H,23,27). The van der Waals surface area contributed by atoms with Gasteiger partial charge in [-0.15, -0.1) is 0 Å². The van der Waals surface area contributed by atoms with E-state index in [9.17, 15) is 22.8 Å². The molecule has 12 heteroatoms. The van der Waals surface area contributed by atoms with E-state index in [4.69, 9.17) is 4.74 Å². The van der Waals surface area contributed by atoms with E-state index in [2.05, 4.69) is 31.4 Å². The molecule has 3 rings (SSSR count).